The van der Waals surface area contributed by atoms with Crippen LogP contribution in [-0.2, 0) is 11.3 Å². The van der Waals surface area contributed by atoms with Gasteiger partial charge in [0.05, 0.1) is 17.9 Å². The lowest BCUT2D eigenvalue weighted by molar-refractivity contribution is 0.112. The van der Waals surface area contributed by atoms with E-state index in [9.17, 15) is 9.59 Å². The fourth-order valence-electron chi connectivity index (χ4n) is 2.43. The number of hydrogen-bond acceptors (Lipinski definition) is 3. The third kappa shape index (κ3) is 3.11. The highest BCUT2D eigenvalue weighted by Crippen LogP contribution is 2.23. The molecule has 0 saturated heterocycles. The number of nitrogens with zero attached hydrogens (tertiary/aromatic N) is 1. The van der Waals surface area contributed by atoms with Crippen molar-refractivity contribution in [2.45, 2.75) is 20.4 Å². The summed E-state index contributed by atoms with van der Waals surface area (Å²) in [6, 6.07) is 9.49. The van der Waals surface area contributed by atoms with Gasteiger partial charge in [-0.15, -0.1) is 0 Å². The predicted molar refractivity (Wildman–Crippen MR) is 82.9 cm³/mol. The number of hydrogen-bond donors (Lipinski definition) is 0. The third-order valence-electron chi connectivity index (χ3n) is 3.51. The number of pyridine rings is 1. The highest BCUT2D eigenvalue weighted by molar-refractivity contribution is 5.75. The van der Waals surface area contributed by atoms with Crippen LogP contribution in [0.25, 0.3) is 11.3 Å². The minimum Gasteiger partial charge on any atom is -0.383 e. The number of aldehydes is 1. The van der Waals surface area contributed by atoms with Gasteiger partial charge in [-0.1, -0.05) is 23.8 Å². The van der Waals surface area contributed by atoms with Crippen molar-refractivity contribution in [1.82, 2.24) is 4.57 Å². The Balaban J connectivity index is 2.64. The van der Waals surface area contributed by atoms with Gasteiger partial charge < -0.3 is 9.30 Å². The molecule has 2 aromatic rings. The number of aromatic nitrogens is 1. The number of ether oxygens (including phenoxy) is 1. The van der Waals surface area contributed by atoms with Crippen LogP contribution in [0.1, 0.15) is 21.5 Å². The molecular weight excluding hydrogens is 266 g/mol. The molecule has 4 nitrogen and oxygen atoms in total. The molecule has 0 aliphatic heterocycles. The largest absolute Gasteiger partial charge is 0.383 e. The van der Waals surface area contributed by atoms with Crippen molar-refractivity contribution in [3.63, 3.8) is 0 Å². The van der Waals surface area contributed by atoms with E-state index in [1.807, 2.05) is 32.0 Å². The molecule has 0 unspecified atom stereocenters. The highest BCUT2D eigenvalue weighted by Gasteiger charge is 2.11. The van der Waals surface area contributed by atoms with E-state index in [2.05, 4.69) is 6.07 Å². The van der Waals surface area contributed by atoms with E-state index < -0.39 is 0 Å². The molecule has 0 aliphatic rings. The number of methoxy groups -OCH3 is 1. The second-order valence-corrected chi connectivity index (χ2v) is 5.06. The summed E-state index contributed by atoms with van der Waals surface area (Å²) in [5.74, 6) is 0. The average Bonchev–Trinajstić information content (AvgIpc) is 2.46. The minimum absolute atomic E-state index is 0.166. The van der Waals surface area contributed by atoms with Gasteiger partial charge in [0.1, 0.15) is 0 Å². The summed E-state index contributed by atoms with van der Waals surface area (Å²) in [5.41, 5.74) is 3.96. The molecule has 0 atom stereocenters. The van der Waals surface area contributed by atoms with Gasteiger partial charge in [-0.05, 0) is 31.5 Å². The first-order valence-electron chi connectivity index (χ1n) is 6.84. The van der Waals surface area contributed by atoms with E-state index in [1.54, 1.807) is 17.7 Å². The van der Waals surface area contributed by atoms with Crippen molar-refractivity contribution >= 4 is 6.29 Å². The Hall–Kier alpha value is -2.20. The molecule has 0 aliphatic carbocycles. The number of benzene rings is 1. The molecule has 0 N–H and O–H groups in total. The lowest BCUT2D eigenvalue weighted by atomic mass is 10.0. The van der Waals surface area contributed by atoms with Crippen LogP contribution in [0.2, 0.25) is 0 Å². The maximum atomic E-state index is 12.4. The Morgan fingerprint density at radius 1 is 1.19 bits per heavy atom. The summed E-state index contributed by atoms with van der Waals surface area (Å²) in [6.07, 6.45) is 0.595. The Bertz CT molecular complexity index is 716. The topological polar surface area (TPSA) is 48.3 Å². The van der Waals surface area contributed by atoms with Crippen LogP contribution in [0, 0.1) is 13.8 Å². The minimum atomic E-state index is -0.278. The summed E-state index contributed by atoms with van der Waals surface area (Å²) < 4.78 is 6.67. The molecule has 1 aromatic carbocycles. The molecule has 4 heteroatoms. The second kappa shape index (κ2) is 6.50. The summed E-state index contributed by atoms with van der Waals surface area (Å²) in [6.45, 7) is 4.88. The van der Waals surface area contributed by atoms with Gasteiger partial charge in [0.2, 0.25) is 0 Å². The van der Waals surface area contributed by atoms with Gasteiger partial charge >= 0.3 is 0 Å². The summed E-state index contributed by atoms with van der Waals surface area (Å²) in [7, 11) is 1.59. The second-order valence-electron chi connectivity index (χ2n) is 5.06. The van der Waals surface area contributed by atoms with Crippen LogP contribution < -0.4 is 5.56 Å². The number of carbonyl (C=O) groups is 1. The molecule has 0 saturated carbocycles. The smallest absolute Gasteiger partial charge is 0.261 e. The molecule has 0 amide bonds. The van der Waals surface area contributed by atoms with Crippen LogP contribution in [-0.4, -0.2) is 24.6 Å². The van der Waals surface area contributed by atoms with Gasteiger partial charge in [0, 0.05) is 19.2 Å². The van der Waals surface area contributed by atoms with Crippen LogP contribution >= 0.6 is 0 Å². The molecule has 0 fully saturated rings. The first kappa shape index (κ1) is 15.2. The molecular formula is C17H19NO3. The van der Waals surface area contributed by atoms with Crippen molar-refractivity contribution in [1.29, 1.82) is 0 Å². The molecule has 0 bridgehead atoms. The van der Waals surface area contributed by atoms with Crippen molar-refractivity contribution in [3.8, 4) is 11.3 Å². The highest BCUT2D eigenvalue weighted by atomic mass is 16.5. The van der Waals surface area contributed by atoms with Crippen molar-refractivity contribution in [3.05, 3.63) is 57.4 Å². The summed E-state index contributed by atoms with van der Waals surface area (Å²) in [4.78, 5) is 23.3. The Morgan fingerprint density at radius 2 is 1.95 bits per heavy atom. The third-order valence-corrected chi connectivity index (χ3v) is 3.51. The molecule has 110 valence electrons. The molecule has 2 rings (SSSR count). The van der Waals surface area contributed by atoms with E-state index in [0.717, 1.165) is 16.8 Å². The Morgan fingerprint density at radius 3 is 2.57 bits per heavy atom. The Kier molecular flexibility index (Phi) is 4.70. The zero-order valence-corrected chi connectivity index (χ0v) is 12.6. The van der Waals surface area contributed by atoms with Crippen molar-refractivity contribution < 1.29 is 9.53 Å². The normalized spacial score (nSPS) is 10.6. The number of aryl methyl sites for hydroxylation is 2. The van der Waals surface area contributed by atoms with Gasteiger partial charge in [-0.3, -0.25) is 9.59 Å². The van der Waals surface area contributed by atoms with E-state index in [0.29, 0.717) is 19.4 Å². The van der Waals surface area contributed by atoms with Crippen LogP contribution in [0.4, 0.5) is 0 Å². The summed E-state index contributed by atoms with van der Waals surface area (Å²) >= 11 is 0. The standard InChI is InChI=1S/C17H19NO3/c1-12-4-6-15(13(2)10-12)16-7-5-14(11-19)17(20)18(16)8-9-21-3/h4-7,10-11H,8-9H2,1-3H3. The zero-order chi connectivity index (χ0) is 15.4. The fraction of sp³-hybridized carbons (Fsp3) is 0.294. The van der Waals surface area contributed by atoms with Crippen LogP contribution in [0.3, 0.4) is 0 Å². The van der Waals surface area contributed by atoms with E-state index in [1.165, 1.54) is 5.56 Å². The Labute approximate surface area is 124 Å². The molecule has 1 aromatic heterocycles. The first-order valence-corrected chi connectivity index (χ1v) is 6.84. The maximum Gasteiger partial charge on any atom is 0.261 e. The first-order chi connectivity index (χ1) is 10.1. The SMILES string of the molecule is COCCn1c(-c2ccc(C)cc2C)ccc(C=O)c1=O. The molecule has 0 radical (unpaired) electrons. The number of carbonyl (C=O) groups excluding carboxylic acids is 1. The van der Waals surface area contributed by atoms with Gasteiger partial charge in [-0.25, -0.2) is 0 Å². The predicted octanol–water partition coefficient (Wildman–Crippen LogP) is 2.59. The van der Waals surface area contributed by atoms with E-state index >= 15 is 0 Å². The molecule has 21 heavy (non-hydrogen) atoms. The lowest BCUT2D eigenvalue weighted by Crippen LogP contribution is -2.26. The van der Waals surface area contributed by atoms with Gasteiger partial charge in [0.25, 0.3) is 5.56 Å². The fourth-order valence-corrected chi connectivity index (χ4v) is 2.43. The summed E-state index contributed by atoms with van der Waals surface area (Å²) in [5, 5.41) is 0. The van der Waals surface area contributed by atoms with E-state index in [-0.39, 0.29) is 11.1 Å². The average molecular weight is 285 g/mol. The van der Waals surface area contributed by atoms with Crippen LogP contribution in [0.15, 0.2) is 35.1 Å². The van der Waals surface area contributed by atoms with Crippen LogP contribution in [0.5, 0.6) is 0 Å². The monoisotopic (exact) mass is 285 g/mol. The van der Waals surface area contributed by atoms with E-state index in [4.69, 9.17) is 4.74 Å². The molecule has 0 spiro atoms. The van der Waals surface area contributed by atoms with Crippen molar-refractivity contribution in [2.75, 3.05) is 13.7 Å². The maximum absolute atomic E-state index is 12.4. The lowest BCUT2D eigenvalue weighted by Gasteiger charge is -2.15. The van der Waals surface area contributed by atoms with Gasteiger partial charge in [0.15, 0.2) is 6.29 Å². The van der Waals surface area contributed by atoms with Crippen molar-refractivity contribution in [2.24, 2.45) is 0 Å². The van der Waals surface area contributed by atoms with Gasteiger partial charge in [-0.2, -0.15) is 0 Å². The molecule has 1 heterocycles. The quantitative estimate of drug-likeness (QED) is 0.793. The zero-order valence-electron chi connectivity index (χ0n) is 12.6. The number of rotatable bonds is 5.